The molecule has 0 radical (unpaired) electrons. The molecule has 16 heavy (non-hydrogen) atoms. The third-order valence-electron chi connectivity index (χ3n) is 2.30. The van der Waals surface area contributed by atoms with Gasteiger partial charge in [-0.2, -0.15) is 0 Å². The summed E-state index contributed by atoms with van der Waals surface area (Å²) in [6.07, 6.45) is -0.561. The molecule has 3 N–H and O–H groups in total. The number of aliphatic carboxylic acids is 1. The maximum atomic E-state index is 10.9. The fraction of sp³-hybridized carbons (Fsp3) is 0.417. The number of nitrogens with two attached hydrogens (primary N) is 1. The molecule has 0 spiro atoms. The van der Waals surface area contributed by atoms with Crippen LogP contribution in [-0.4, -0.2) is 23.7 Å². The number of carbonyl (C=O) groups is 1. The first-order valence-corrected chi connectivity index (χ1v) is 5.21. The van der Waals surface area contributed by atoms with E-state index < -0.39 is 12.1 Å². The van der Waals surface area contributed by atoms with E-state index in [4.69, 9.17) is 15.6 Å². The lowest BCUT2D eigenvalue weighted by molar-refractivity contribution is -0.145. The fourth-order valence-electron chi connectivity index (χ4n) is 1.47. The summed E-state index contributed by atoms with van der Waals surface area (Å²) in [4.78, 5) is 10.9. The van der Waals surface area contributed by atoms with E-state index >= 15 is 0 Å². The Bertz CT molecular complexity index is 377. The van der Waals surface area contributed by atoms with Crippen LogP contribution in [0.4, 0.5) is 0 Å². The van der Waals surface area contributed by atoms with Crippen molar-refractivity contribution in [1.29, 1.82) is 0 Å². The van der Waals surface area contributed by atoms with Gasteiger partial charge in [-0.3, -0.25) is 0 Å². The van der Waals surface area contributed by atoms with Gasteiger partial charge in [0.15, 0.2) is 6.10 Å². The monoisotopic (exact) mass is 223 g/mol. The SMILES string of the molecule is Cc1ccc(OC(CCN)C(=O)O)c(C)c1. The highest BCUT2D eigenvalue weighted by Crippen LogP contribution is 2.20. The van der Waals surface area contributed by atoms with Gasteiger partial charge in [0.2, 0.25) is 0 Å². The van der Waals surface area contributed by atoms with Crippen LogP contribution in [0.15, 0.2) is 18.2 Å². The van der Waals surface area contributed by atoms with Crippen LogP contribution < -0.4 is 10.5 Å². The van der Waals surface area contributed by atoms with E-state index in [9.17, 15) is 4.79 Å². The molecule has 0 saturated carbocycles. The number of aryl methyl sites for hydroxylation is 2. The Labute approximate surface area is 95.0 Å². The van der Waals surface area contributed by atoms with E-state index in [1.165, 1.54) is 0 Å². The highest BCUT2D eigenvalue weighted by Gasteiger charge is 2.18. The number of carboxylic acid groups (broad SMARTS) is 1. The summed E-state index contributed by atoms with van der Waals surface area (Å²) >= 11 is 0. The molecule has 1 atom stereocenters. The number of hydrogen-bond acceptors (Lipinski definition) is 3. The second-order valence-electron chi connectivity index (χ2n) is 3.79. The predicted molar refractivity (Wildman–Crippen MR) is 61.6 cm³/mol. The van der Waals surface area contributed by atoms with Crippen molar-refractivity contribution < 1.29 is 14.6 Å². The van der Waals surface area contributed by atoms with Crippen LogP contribution in [0.25, 0.3) is 0 Å². The molecule has 0 aromatic heterocycles. The molecule has 0 heterocycles. The summed E-state index contributed by atoms with van der Waals surface area (Å²) < 4.78 is 5.42. The summed E-state index contributed by atoms with van der Waals surface area (Å²) in [6, 6.07) is 5.64. The van der Waals surface area contributed by atoms with Crippen LogP contribution in [0.2, 0.25) is 0 Å². The molecule has 0 aliphatic rings. The Morgan fingerprint density at radius 2 is 2.19 bits per heavy atom. The van der Waals surface area contributed by atoms with E-state index in [-0.39, 0.29) is 0 Å². The first kappa shape index (κ1) is 12.5. The molecule has 0 aliphatic carbocycles. The molecule has 1 unspecified atom stereocenters. The third kappa shape index (κ3) is 3.24. The number of ether oxygens (including phenoxy) is 1. The van der Waals surface area contributed by atoms with Gasteiger partial charge in [-0.05, 0) is 32.0 Å². The molecule has 1 aromatic rings. The zero-order valence-electron chi connectivity index (χ0n) is 9.56. The minimum Gasteiger partial charge on any atom is -0.479 e. The average molecular weight is 223 g/mol. The Hall–Kier alpha value is -1.55. The van der Waals surface area contributed by atoms with Gasteiger partial charge in [-0.15, -0.1) is 0 Å². The van der Waals surface area contributed by atoms with Gasteiger partial charge < -0.3 is 15.6 Å². The van der Waals surface area contributed by atoms with Crippen LogP contribution in [-0.2, 0) is 4.79 Å². The van der Waals surface area contributed by atoms with Gasteiger partial charge in [0.1, 0.15) is 5.75 Å². The Kier molecular flexibility index (Phi) is 4.31. The second-order valence-corrected chi connectivity index (χ2v) is 3.79. The van der Waals surface area contributed by atoms with E-state index in [0.717, 1.165) is 11.1 Å². The molecule has 88 valence electrons. The molecule has 1 aromatic carbocycles. The average Bonchev–Trinajstić information content (AvgIpc) is 2.20. The van der Waals surface area contributed by atoms with Gasteiger partial charge in [-0.1, -0.05) is 17.7 Å². The van der Waals surface area contributed by atoms with E-state index in [1.807, 2.05) is 26.0 Å². The second kappa shape index (κ2) is 5.51. The summed E-state index contributed by atoms with van der Waals surface area (Å²) in [7, 11) is 0. The quantitative estimate of drug-likeness (QED) is 0.793. The van der Waals surface area contributed by atoms with Crippen molar-refractivity contribution in [2.75, 3.05) is 6.54 Å². The minimum atomic E-state index is -0.981. The minimum absolute atomic E-state index is 0.294. The highest BCUT2D eigenvalue weighted by molar-refractivity contribution is 5.72. The summed E-state index contributed by atoms with van der Waals surface area (Å²) in [6.45, 7) is 4.16. The lowest BCUT2D eigenvalue weighted by atomic mass is 10.1. The van der Waals surface area contributed by atoms with Crippen LogP contribution >= 0.6 is 0 Å². The van der Waals surface area contributed by atoms with Gasteiger partial charge in [0, 0.05) is 6.42 Å². The summed E-state index contributed by atoms with van der Waals surface area (Å²) in [5.74, 6) is -0.378. The zero-order valence-corrected chi connectivity index (χ0v) is 9.56. The Morgan fingerprint density at radius 3 is 2.69 bits per heavy atom. The van der Waals surface area contributed by atoms with Gasteiger partial charge >= 0.3 is 5.97 Å². The van der Waals surface area contributed by atoms with Crippen LogP contribution in [0.5, 0.6) is 5.75 Å². The highest BCUT2D eigenvalue weighted by atomic mass is 16.5. The topological polar surface area (TPSA) is 72.5 Å². The van der Waals surface area contributed by atoms with Crippen LogP contribution in [0.3, 0.4) is 0 Å². The molecule has 0 fully saturated rings. The van der Waals surface area contributed by atoms with Crippen molar-refractivity contribution >= 4 is 5.97 Å². The molecular weight excluding hydrogens is 206 g/mol. The normalized spacial score (nSPS) is 12.2. The number of benzene rings is 1. The van der Waals surface area contributed by atoms with Crippen molar-refractivity contribution in [1.82, 2.24) is 0 Å². The molecule has 0 amide bonds. The molecule has 0 saturated heterocycles. The van der Waals surface area contributed by atoms with Gasteiger partial charge in [-0.25, -0.2) is 4.79 Å². The van der Waals surface area contributed by atoms with Crippen LogP contribution in [0, 0.1) is 13.8 Å². The van der Waals surface area contributed by atoms with Crippen molar-refractivity contribution in [2.24, 2.45) is 5.73 Å². The smallest absolute Gasteiger partial charge is 0.344 e. The first-order chi connectivity index (χ1) is 7.54. The fourth-order valence-corrected chi connectivity index (χ4v) is 1.47. The third-order valence-corrected chi connectivity index (χ3v) is 2.30. The maximum absolute atomic E-state index is 10.9. The molecule has 4 nitrogen and oxygen atoms in total. The number of carboxylic acids is 1. The van der Waals surface area contributed by atoms with Crippen molar-refractivity contribution in [2.45, 2.75) is 26.4 Å². The largest absolute Gasteiger partial charge is 0.479 e. The van der Waals surface area contributed by atoms with E-state index in [0.29, 0.717) is 18.7 Å². The van der Waals surface area contributed by atoms with Gasteiger partial charge in [0.05, 0.1) is 0 Å². The lowest BCUT2D eigenvalue weighted by Gasteiger charge is -2.16. The molecule has 4 heteroatoms. The standard InChI is InChI=1S/C12H17NO3/c1-8-3-4-10(9(2)7-8)16-11(5-6-13)12(14)15/h3-4,7,11H,5-6,13H2,1-2H3,(H,14,15). The van der Waals surface area contributed by atoms with Crippen molar-refractivity contribution in [3.05, 3.63) is 29.3 Å². The molecule has 0 aliphatic heterocycles. The Balaban J connectivity index is 2.81. The number of hydrogen-bond donors (Lipinski definition) is 2. The number of rotatable bonds is 5. The van der Waals surface area contributed by atoms with Crippen molar-refractivity contribution in [3.8, 4) is 5.75 Å². The summed E-state index contributed by atoms with van der Waals surface area (Å²) in [5, 5.41) is 8.93. The molecule has 0 bridgehead atoms. The van der Waals surface area contributed by atoms with Crippen molar-refractivity contribution in [3.63, 3.8) is 0 Å². The van der Waals surface area contributed by atoms with Crippen LogP contribution in [0.1, 0.15) is 17.5 Å². The van der Waals surface area contributed by atoms with Gasteiger partial charge in [0.25, 0.3) is 0 Å². The Morgan fingerprint density at radius 1 is 1.50 bits per heavy atom. The lowest BCUT2D eigenvalue weighted by Crippen LogP contribution is -2.29. The zero-order chi connectivity index (χ0) is 12.1. The van der Waals surface area contributed by atoms with E-state index in [2.05, 4.69) is 0 Å². The summed E-state index contributed by atoms with van der Waals surface area (Å²) in [5.41, 5.74) is 7.39. The maximum Gasteiger partial charge on any atom is 0.344 e. The predicted octanol–water partition coefficient (Wildman–Crippen LogP) is 1.48. The molecular formula is C12H17NO3. The molecule has 1 rings (SSSR count). The van der Waals surface area contributed by atoms with E-state index in [1.54, 1.807) is 6.07 Å². The first-order valence-electron chi connectivity index (χ1n) is 5.21.